The van der Waals surface area contributed by atoms with Crippen molar-refractivity contribution in [1.82, 2.24) is 9.97 Å². The van der Waals surface area contributed by atoms with E-state index in [4.69, 9.17) is 9.84 Å². The minimum atomic E-state index is -1.04. The molecule has 5 nitrogen and oxygen atoms in total. The Morgan fingerprint density at radius 2 is 2.12 bits per heavy atom. The number of rotatable bonds is 4. The van der Waals surface area contributed by atoms with Crippen molar-refractivity contribution in [3.05, 3.63) is 53.6 Å². The fourth-order valence-corrected chi connectivity index (χ4v) is 1.61. The van der Waals surface area contributed by atoms with Gasteiger partial charge < -0.3 is 14.8 Å². The van der Waals surface area contributed by atoms with Crippen LogP contribution in [0, 0.1) is 0 Å². The molecule has 17 heavy (non-hydrogen) atoms. The van der Waals surface area contributed by atoms with Crippen LogP contribution in [0.15, 0.2) is 36.5 Å². The molecule has 0 radical (unpaired) electrons. The predicted octanol–water partition coefficient (Wildman–Crippen LogP) is 1.84. The summed E-state index contributed by atoms with van der Waals surface area (Å²) < 4.78 is 5.33. The van der Waals surface area contributed by atoms with Gasteiger partial charge in [0.15, 0.2) is 0 Å². The number of aromatic carboxylic acids is 1. The molecule has 1 unspecified atom stereocenters. The van der Waals surface area contributed by atoms with Crippen LogP contribution in [0.5, 0.6) is 0 Å². The maximum Gasteiger partial charge on any atom is 0.353 e. The van der Waals surface area contributed by atoms with Crippen LogP contribution in [-0.4, -0.2) is 28.2 Å². The molecule has 0 bridgehead atoms. The highest BCUT2D eigenvalue weighted by Crippen LogP contribution is 2.22. The second-order valence-electron chi connectivity index (χ2n) is 3.51. The molecule has 0 spiro atoms. The second kappa shape index (κ2) is 4.80. The summed E-state index contributed by atoms with van der Waals surface area (Å²) >= 11 is 0. The summed E-state index contributed by atoms with van der Waals surface area (Å²) in [6.45, 7) is 0. The molecule has 1 heterocycles. The van der Waals surface area contributed by atoms with E-state index in [0.29, 0.717) is 5.82 Å². The minimum Gasteiger partial charge on any atom is -0.477 e. The summed E-state index contributed by atoms with van der Waals surface area (Å²) in [7, 11) is 1.56. The molecule has 5 heteroatoms. The lowest BCUT2D eigenvalue weighted by Crippen LogP contribution is -2.06. The number of nitrogens with zero attached hydrogens (tertiary/aromatic N) is 1. The van der Waals surface area contributed by atoms with E-state index in [1.54, 1.807) is 7.11 Å². The van der Waals surface area contributed by atoms with Crippen molar-refractivity contribution >= 4 is 5.97 Å². The first kappa shape index (κ1) is 11.3. The normalized spacial score (nSPS) is 12.3. The number of benzene rings is 1. The van der Waals surface area contributed by atoms with E-state index in [2.05, 4.69) is 9.97 Å². The standard InChI is InChI=1S/C12H12N2O3/c1-17-10(8-5-3-2-4-6-8)11-13-7-9(14-11)12(15)16/h2-7,10H,1H3,(H,13,14)(H,15,16). The third kappa shape index (κ3) is 2.34. The number of carboxylic acid groups (broad SMARTS) is 1. The highest BCUT2D eigenvalue weighted by molar-refractivity contribution is 5.85. The summed E-state index contributed by atoms with van der Waals surface area (Å²) in [6, 6.07) is 9.49. The number of imidazole rings is 1. The molecule has 1 atom stereocenters. The van der Waals surface area contributed by atoms with Gasteiger partial charge in [-0.2, -0.15) is 0 Å². The maximum atomic E-state index is 10.7. The van der Waals surface area contributed by atoms with Crippen LogP contribution >= 0.6 is 0 Å². The van der Waals surface area contributed by atoms with Crippen LogP contribution in [0.2, 0.25) is 0 Å². The van der Waals surface area contributed by atoms with Gasteiger partial charge in [-0.05, 0) is 5.56 Å². The molecular weight excluding hydrogens is 220 g/mol. The zero-order valence-corrected chi connectivity index (χ0v) is 9.25. The molecule has 0 aliphatic rings. The summed E-state index contributed by atoms with van der Waals surface area (Å²) in [5.41, 5.74) is 0.972. The zero-order chi connectivity index (χ0) is 12.3. The van der Waals surface area contributed by atoms with Crippen molar-refractivity contribution < 1.29 is 14.6 Å². The molecule has 0 aliphatic carbocycles. The number of hydrogen-bond donors (Lipinski definition) is 2. The topological polar surface area (TPSA) is 75.2 Å². The largest absolute Gasteiger partial charge is 0.477 e. The Morgan fingerprint density at radius 1 is 1.41 bits per heavy atom. The van der Waals surface area contributed by atoms with E-state index in [0.717, 1.165) is 5.56 Å². The van der Waals surface area contributed by atoms with E-state index >= 15 is 0 Å². The first-order valence-electron chi connectivity index (χ1n) is 5.08. The number of carbonyl (C=O) groups is 1. The Balaban J connectivity index is 2.32. The quantitative estimate of drug-likeness (QED) is 0.843. The number of hydrogen-bond acceptors (Lipinski definition) is 3. The number of nitrogens with one attached hydrogen (secondary N) is 1. The number of aromatic nitrogens is 2. The molecule has 0 fully saturated rings. The van der Waals surface area contributed by atoms with Gasteiger partial charge in [0.05, 0.1) is 6.20 Å². The molecule has 0 amide bonds. The lowest BCUT2D eigenvalue weighted by molar-refractivity contribution is 0.0690. The fourth-order valence-electron chi connectivity index (χ4n) is 1.61. The first-order valence-corrected chi connectivity index (χ1v) is 5.08. The van der Waals surface area contributed by atoms with E-state index in [1.165, 1.54) is 6.20 Å². The maximum absolute atomic E-state index is 10.7. The van der Waals surface area contributed by atoms with E-state index in [-0.39, 0.29) is 11.8 Å². The van der Waals surface area contributed by atoms with Crippen molar-refractivity contribution in [3.63, 3.8) is 0 Å². The lowest BCUT2D eigenvalue weighted by atomic mass is 10.1. The Labute approximate surface area is 98.1 Å². The minimum absolute atomic E-state index is 0.0537. The van der Waals surface area contributed by atoms with Gasteiger partial charge in [-0.15, -0.1) is 0 Å². The molecule has 2 aromatic rings. The van der Waals surface area contributed by atoms with Crippen LogP contribution in [0.3, 0.4) is 0 Å². The molecule has 1 aromatic heterocycles. The first-order chi connectivity index (χ1) is 8.22. The molecule has 0 aliphatic heterocycles. The third-order valence-electron chi connectivity index (χ3n) is 2.41. The number of aromatic amines is 1. The SMILES string of the molecule is COC(c1ccccc1)c1ncc(C(=O)O)[nH]1. The smallest absolute Gasteiger partial charge is 0.353 e. The molecule has 88 valence electrons. The molecular formula is C12H12N2O3. The van der Waals surface area contributed by atoms with Gasteiger partial charge in [-0.1, -0.05) is 30.3 Å². The van der Waals surface area contributed by atoms with Gasteiger partial charge in [0, 0.05) is 7.11 Å². The molecule has 0 saturated heterocycles. The van der Waals surface area contributed by atoms with Gasteiger partial charge in [0.25, 0.3) is 0 Å². The predicted molar refractivity (Wildman–Crippen MR) is 60.8 cm³/mol. The third-order valence-corrected chi connectivity index (χ3v) is 2.41. The van der Waals surface area contributed by atoms with Gasteiger partial charge in [0.2, 0.25) is 0 Å². The van der Waals surface area contributed by atoms with Gasteiger partial charge in [-0.3, -0.25) is 0 Å². The average molecular weight is 232 g/mol. The van der Waals surface area contributed by atoms with Crippen LogP contribution in [-0.2, 0) is 4.74 Å². The van der Waals surface area contributed by atoms with Crippen molar-refractivity contribution in [2.24, 2.45) is 0 Å². The van der Waals surface area contributed by atoms with E-state index in [9.17, 15) is 4.79 Å². The molecule has 1 aromatic carbocycles. The van der Waals surface area contributed by atoms with Crippen LogP contribution in [0.1, 0.15) is 28.0 Å². The zero-order valence-electron chi connectivity index (χ0n) is 9.25. The highest BCUT2D eigenvalue weighted by atomic mass is 16.5. The molecule has 2 N–H and O–H groups in total. The lowest BCUT2D eigenvalue weighted by Gasteiger charge is -2.12. The summed E-state index contributed by atoms with van der Waals surface area (Å²) in [5.74, 6) is -0.553. The summed E-state index contributed by atoms with van der Waals surface area (Å²) in [6.07, 6.45) is 0.899. The van der Waals surface area contributed by atoms with E-state index in [1.807, 2.05) is 30.3 Å². The van der Waals surface area contributed by atoms with Crippen LogP contribution in [0.4, 0.5) is 0 Å². The number of H-pyrrole nitrogens is 1. The Bertz CT molecular complexity index is 507. The average Bonchev–Trinajstić information content (AvgIpc) is 2.81. The Kier molecular flexibility index (Phi) is 3.20. The van der Waals surface area contributed by atoms with Gasteiger partial charge in [0.1, 0.15) is 17.6 Å². The molecule has 2 rings (SSSR count). The fraction of sp³-hybridized carbons (Fsp3) is 0.167. The van der Waals surface area contributed by atoms with Gasteiger partial charge in [-0.25, -0.2) is 9.78 Å². The Morgan fingerprint density at radius 3 is 2.65 bits per heavy atom. The second-order valence-corrected chi connectivity index (χ2v) is 3.51. The van der Waals surface area contributed by atoms with Crippen LogP contribution in [0.25, 0.3) is 0 Å². The highest BCUT2D eigenvalue weighted by Gasteiger charge is 2.18. The van der Waals surface area contributed by atoms with Gasteiger partial charge >= 0.3 is 5.97 Å². The van der Waals surface area contributed by atoms with Crippen molar-refractivity contribution in [1.29, 1.82) is 0 Å². The van der Waals surface area contributed by atoms with Crippen molar-refractivity contribution in [2.75, 3.05) is 7.11 Å². The molecule has 0 saturated carbocycles. The van der Waals surface area contributed by atoms with Crippen molar-refractivity contribution in [3.8, 4) is 0 Å². The summed E-state index contributed by atoms with van der Waals surface area (Å²) in [5, 5.41) is 8.81. The van der Waals surface area contributed by atoms with Crippen LogP contribution < -0.4 is 0 Å². The monoisotopic (exact) mass is 232 g/mol. The van der Waals surface area contributed by atoms with E-state index < -0.39 is 5.97 Å². The Hall–Kier alpha value is -2.14. The van der Waals surface area contributed by atoms with Crippen molar-refractivity contribution in [2.45, 2.75) is 6.10 Å². The summed E-state index contributed by atoms with van der Waals surface area (Å²) in [4.78, 5) is 17.5. The number of ether oxygens (including phenoxy) is 1. The number of methoxy groups -OCH3 is 1. The number of carboxylic acids is 1.